The molecule has 4 heterocycles. The molecule has 0 atom stereocenters. The van der Waals surface area contributed by atoms with Crippen LogP contribution in [-0.4, -0.2) is 98.3 Å². The lowest BCUT2D eigenvalue weighted by molar-refractivity contribution is -0.149. The Hall–Kier alpha value is -4.22. The third-order valence-electron chi connectivity index (χ3n) is 11.7. The van der Waals surface area contributed by atoms with Gasteiger partial charge in [0, 0.05) is 38.8 Å². The van der Waals surface area contributed by atoms with E-state index in [4.69, 9.17) is 28.8 Å². The lowest BCUT2D eigenvalue weighted by Crippen LogP contribution is -2.36. The third-order valence-corrected chi connectivity index (χ3v) is 11.7. The molecule has 4 aliphatic rings. The summed E-state index contributed by atoms with van der Waals surface area (Å²) in [5.41, 5.74) is 2.58. The smallest absolute Gasteiger partial charge is 0.309 e. The molecule has 0 unspecified atom stereocenters. The van der Waals surface area contributed by atoms with E-state index in [0.29, 0.717) is 6.61 Å². The molecule has 0 bridgehead atoms. The van der Waals surface area contributed by atoms with Gasteiger partial charge in [-0.2, -0.15) is 0 Å². The molecule has 300 valence electrons. The number of ether oxygens (including phenoxy) is 5. The predicted molar refractivity (Wildman–Crippen MR) is 217 cm³/mol. The van der Waals surface area contributed by atoms with E-state index in [2.05, 4.69) is 82.6 Å². The van der Waals surface area contributed by atoms with Gasteiger partial charge in [0.1, 0.15) is 23.7 Å². The fraction of sp³-hybridized carbons (Fsp3) is 0.522. The van der Waals surface area contributed by atoms with Crippen LogP contribution in [0.5, 0.6) is 11.5 Å². The van der Waals surface area contributed by atoms with Crippen molar-refractivity contribution >= 4 is 33.5 Å². The van der Waals surface area contributed by atoms with Gasteiger partial charge in [-0.1, -0.05) is 36.4 Å². The number of likely N-dealkylation sites (tertiary alicyclic amines) is 2. The molecule has 0 amide bonds. The Bertz CT molecular complexity index is 1890. The molecule has 8 rings (SSSR count). The van der Waals surface area contributed by atoms with Crippen molar-refractivity contribution in [2.24, 2.45) is 11.8 Å². The first-order valence-corrected chi connectivity index (χ1v) is 20.8. The second-order valence-corrected chi connectivity index (χ2v) is 15.7. The number of carbonyl (C=O) groups is 2. The van der Waals surface area contributed by atoms with Crippen LogP contribution >= 0.6 is 0 Å². The maximum absolute atomic E-state index is 11.9. The molecular weight excluding hydrogens is 709 g/mol. The van der Waals surface area contributed by atoms with Crippen LogP contribution in [0.25, 0.3) is 21.5 Å². The molecule has 0 aromatic heterocycles. The SMILES string of the molecule is CCOC(=O)C1CCN(Cc2ccc3cc(OC4CCOCC4)ccc3c2)CC1.O=C(O)C1CCN(Cc2ccc3cc(OC4CCOCC4)ccc3c2)CC1. The van der Waals surface area contributed by atoms with Crippen molar-refractivity contribution in [1.82, 2.24) is 9.80 Å². The maximum Gasteiger partial charge on any atom is 0.309 e. The molecule has 0 spiro atoms. The number of carboxylic acids is 1. The molecule has 4 fully saturated rings. The van der Waals surface area contributed by atoms with Crippen LogP contribution in [0.4, 0.5) is 0 Å². The zero-order chi connectivity index (χ0) is 38.7. The quantitative estimate of drug-likeness (QED) is 0.152. The number of piperidine rings is 2. The Kier molecular flexibility index (Phi) is 14.1. The number of carboxylic acid groups (broad SMARTS) is 1. The maximum atomic E-state index is 11.9. The molecule has 4 aromatic carbocycles. The minimum absolute atomic E-state index is 0.0309. The molecule has 0 radical (unpaired) electrons. The third kappa shape index (κ3) is 11.2. The van der Waals surface area contributed by atoms with Gasteiger partial charge >= 0.3 is 11.9 Å². The van der Waals surface area contributed by atoms with Crippen molar-refractivity contribution in [2.45, 2.75) is 83.6 Å². The molecule has 1 N–H and O–H groups in total. The summed E-state index contributed by atoms with van der Waals surface area (Å²) < 4.78 is 28.2. The number of rotatable bonds is 11. The van der Waals surface area contributed by atoms with E-state index in [-0.39, 0.29) is 30.0 Å². The van der Waals surface area contributed by atoms with E-state index in [1.54, 1.807) is 0 Å². The molecule has 10 heteroatoms. The Labute approximate surface area is 331 Å². The monoisotopic (exact) mass is 766 g/mol. The summed E-state index contributed by atoms with van der Waals surface area (Å²) >= 11 is 0. The summed E-state index contributed by atoms with van der Waals surface area (Å²) in [6.07, 6.45) is 7.62. The summed E-state index contributed by atoms with van der Waals surface area (Å²) in [6.45, 7) is 10.9. The fourth-order valence-corrected chi connectivity index (χ4v) is 8.30. The predicted octanol–water partition coefficient (Wildman–Crippen LogP) is 7.87. The number of nitrogens with zero attached hydrogens (tertiary/aromatic N) is 2. The van der Waals surface area contributed by atoms with Gasteiger partial charge in [-0.15, -0.1) is 0 Å². The molecule has 10 nitrogen and oxygen atoms in total. The van der Waals surface area contributed by atoms with E-state index in [0.717, 1.165) is 129 Å². The van der Waals surface area contributed by atoms with Crippen LogP contribution in [0.1, 0.15) is 69.4 Å². The number of fused-ring (bicyclic) bond motifs is 2. The average Bonchev–Trinajstić information content (AvgIpc) is 3.22. The summed E-state index contributed by atoms with van der Waals surface area (Å²) in [4.78, 5) is 27.8. The zero-order valence-corrected chi connectivity index (χ0v) is 32.9. The lowest BCUT2D eigenvalue weighted by Gasteiger charge is -2.30. The second-order valence-electron chi connectivity index (χ2n) is 15.7. The first kappa shape index (κ1) is 40.0. The molecule has 4 aliphatic heterocycles. The van der Waals surface area contributed by atoms with Gasteiger partial charge in [-0.05, 0) is 128 Å². The number of benzene rings is 4. The van der Waals surface area contributed by atoms with Crippen LogP contribution in [0.15, 0.2) is 72.8 Å². The minimum atomic E-state index is -0.654. The summed E-state index contributed by atoms with van der Waals surface area (Å²) in [6, 6.07) is 25.9. The van der Waals surface area contributed by atoms with Crippen LogP contribution in [0.3, 0.4) is 0 Å². The van der Waals surface area contributed by atoms with Gasteiger partial charge in [0.15, 0.2) is 0 Å². The van der Waals surface area contributed by atoms with E-state index >= 15 is 0 Å². The number of hydrogen-bond donors (Lipinski definition) is 1. The Morgan fingerprint density at radius 1 is 0.589 bits per heavy atom. The fourth-order valence-electron chi connectivity index (χ4n) is 8.30. The van der Waals surface area contributed by atoms with Crippen LogP contribution in [0.2, 0.25) is 0 Å². The normalized spacial score (nSPS) is 19.7. The first-order chi connectivity index (χ1) is 27.4. The van der Waals surface area contributed by atoms with E-state index in [1.165, 1.54) is 32.7 Å². The first-order valence-electron chi connectivity index (χ1n) is 20.8. The van der Waals surface area contributed by atoms with Gasteiger partial charge in [-0.3, -0.25) is 19.4 Å². The molecular formula is C46H58N2O8. The minimum Gasteiger partial charge on any atom is -0.490 e. The Morgan fingerprint density at radius 2 is 1.00 bits per heavy atom. The van der Waals surface area contributed by atoms with Gasteiger partial charge in [0.2, 0.25) is 0 Å². The van der Waals surface area contributed by atoms with Crippen molar-refractivity contribution in [3.05, 3.63) is 83.9 Å². The highest BCUT2D eigenvalue weighted by Crippen LogP contribution is 2.28. The molecule has 56 heavy (non-hydrogen) atoms. The van der Waals surface area contributed by atoms with Gasteiger partial charge < -0.3 is 28.8 Å². The van der Waals surface area contributed by atoms with Crippen LogP contribution in [-0.2, 0) is 36.9 Å². The zero-order valence-electron chi connectivity index (χ0n) is 32.9. The topological polar surface area (TPSA) is 107 Å². The highest BCUT2D eigenvalue weighted by Gasteiger charge is 2.26. The molecule has 0 aliphatic carbocycles. The number of esters is 1. The van der Waals surface area contributed by atoms with Gasteiger partial charge in [0.25, 0.3) is 0 Å². The largest absolute Gasteiger partial charge is 0.490 e. The number of hydrogen-bond acceptors (Lipinski definition) is 9. The summed E-state index contributed by atoms with van der Waals surface area (Å²) in [7, 11) is 0. The van der Waals surface area contributed by atoms with Crippen molar-refractivity contribution < 1.29 is 38.4 Å². The summed E-state index contributed by atoms with van der Waals surface area (Å²) in [5, 5.41) is 14.0. The average molecular weight is 767 g/mol. The van der Waals surface area contributed by atoms with E-state index < -0.39 is 5.97 Å². The number of aliphatic carboxylic acids is 1. The van der Waals surface area contributed by atoms with Crippen molar-refractivity contribution in [1.29, 1.82) is 0 Å². The van der Waals surface area contributed by atoms with Crippen molar-refractivity contribution in [2.75, 3.05) is 59.2 Å². The van der Waals surface area contributed by atoms with Crippen LogP contribution in [0, 0.1) is 11.8 Å². The van der Waals surface area contributed by atoms with E-state index in [1.807, 2.05) is 6.92 Å². The van der Waals surface area contributed by atoms with Crippen molar-refractivity contribution in [3.63, 3.8) is 0 Å². The molecule has 0 saturated carbocycles. The lowest BCUT2D eigenvalue weighted by atomic mass is 9.96. The Morgan fingerprint density at radius 3 is 1.43 bits per heavy atom. The Balaban J connectivity index is 0.000000172. The van der Waals surface area contributed by atoms with Crippen molar-refractivity contribution in [3.8, 4) is 11.5 Å². The highest BCUT2D eigenvalue weighted by atomic mass is 16.5. The molecule has 4 saturated heterocycles. The van der Waals surface area contributed by atoms with Gasteiger partial charge in [-0.25, -0.2) is 0 Å². The second kappa shape index (κ2) is 19.8. The number of carbonyl (C=O) groups excluding carboxylic acids is 1. The highest BCUT2D eigenvalue weighted by molar-refractivity contribution is 5.85. The van der Waals surface area contributed by atoms with Gasteiger partial charge in [0.05, 0.1) is 44.9 Å². The van der Waals surface area contributed by atoms with E-state index in [9.17, 15) is 9.59 Å². The standard InChI is InChI=1S/C24H31NO4.C22H27NO4/c1-2-28-24(26)19-7-11-25(12-8-19)17-18-3-4-21-16-23(6-5-20(21)15-18)29-22-9-13-27-14-10-22;24-22(25)17-5-9-23(10-6-17)15-16-1-2-19-14-21(4-3-18(19)13-16)27-20-7-11-26-12-8-20/h3-6,15-16,19,22H,2,7-14,17H2,1H3;1-4,13-14,17,20H,5-12,15H2,(H,24,25). The molecule has 4 aromatic rings. The van der Waals surface area contributed by atoms with Crippen LogP contribution < -0.4 is 9.47 Å². The summed E-state index contributed by atoms with van der Waals surface area (Å²) in [5.74, 6) is 1.08.